The molecule has 2 aliphatic rings. The van der Waals surface area contributed by atoms with Crippen molar-refractivity contribution >= 4 is 29.9 Å². The molecule has 2 aromatic rings. The minimum atomic E-state index is -0.451. The van der Waals surface area contributed by atoms with Crippen molar-refractivity contribution in [2.75, 3.05) is 50.0 Å². The third-order valence-electron chi connectivity index (χ3n) is 8.09. The lowest BCUT2D eigenvalue weighted by Crippen LogP contribution is -2.59. The van der Waals surface area contributed by atoms with Crippen LogP contribution in [0.5, 0.6) is 0 Å². The summed E-state index contributed by atoms with van der Waals surface area (Å²) in [5, 5.41) is 2.76. The van der Waals surface area contributed by atoms with E-state index in [0.717, 1.165) is 25.8 Å². The quantitative estimate of drug-likeness (QED) is 0.204. The second kappa shape index (κ2) is 14.1. The molecule has 0 spiro atoms. The first-order chi connectivity index (χ1) is 20.2. The number of nitrogens with one attached hydrogen (secondary N) is 3. The summed E-state index contributed by atoms with van der Waals surface area (Å²) < 4.78 is 4.66. The van der Waals surface area contributed by atoms with Crippen molar-refractivity contribution in [1.29, 1.82) is 0 Å². The lowest BCUT2D eigenvalue weighted by atomic mass is 9.97. The predicted molar refractivity (Wildman–Crippen MR) is 156 cm³/mol. The van der Waals surface area contributed by atoms with Crippen LogP contribution in [0, 0.1) is 0 Å². The summed E-state index contributed by atoms with van der Waals surface area (Å²) in [5.74, 6) is 0.0630. The summed E-state index contributed by atoms with van der Waals surface area (Å²) in [6, 6.07) is 3.27. The molecule has 14 nitrogen and oxygen atoms in total. The van der Waals surface area contributed by atoms with Gasteiger partial charge in [-0.1, -0.05) is 6.92 Å². The van der Waals surface area contributed by atoms with Gasteiger partial charge in [-0.3, -0.25) is 28.9 Å². The standard InChI is InChI=1S/C28H40N8O6/c1-3-20-16-35(26-28(41)32-22(15-30-26)27(40)31-18(2)8-13-42-17-37)11-12-36(20)21-6-9-34(10-7-21)24(39)14-19-4-5-23(38)33-25(19)29/h4-5,15,17-18,20-21H,3,6-14,16H2,1-2H3,(H,31,40)(H,32,41)(H3,29,33,38). The smallest absolute Gasteiger partial charge is 0.293 e. The van der Waals surface area contributed by atoms with Gasteiger partial charge in [-0.15, -0.1) is 0 Å². The molecule has 0 saturated carbocycles. The van der Waals surface area contributed by atoms with E-state index >= 15 is 0 Å². The monoisotopic (exact) mass is 584 g/mol. The Morgan fingerprint density at radius 2 is 1.95 bits per heavy atom. The van der Waals surface area contributed by atoms with E-state index in [2.05, 4.69) is 36.8 Å². The molecule has 2 aromatic heterocycles. The molecule has 228 valence electrons. The third-order valence-corrected chi connectivity index (χ3v) is 8.09. The van der Waals surface area contributed by atoms with Gasteiger partial charge in [0.1, 0.15) is 11.5 Å². The van der Waals surface area contributed by atoms with Crippen LogP contribution in [0.3, 0.4) is 0 Å². The number of nitrogen functional groups attached to an aromatic ring is 1. The van der Waals surface area contributed by atoms with Gasteiger partial charge in [0.2, 0.25) is 11.5 Å². The fourth-order valence-electron chi connectivity index (χ4n) is 5.70. The number of nitrogens with two attached hydrogens (primary N) is 1. The Labute approximate surface area is 243 Å². The third kappa shape index (κ3) is 7.55. The number of aromatic nitrogens is 3. The molecular formula is C28H40N8O6. The average Bonchev–Trinajstić information content (AvgIpc) is 2.98. The maximum Gasteiger partial charge on any atom is 0.293 e. The van der Waals surface area contributed by atoms with Gasteiger partial charge in [0.25, 0.3) is 17.9 Å². The second-order valence-corrected chi connectivity index (χ2v) is 10.9. The Hall–Kier alpha value is -4.20. The highest BCUT2D eigenvalue weighted by molar-refractivity contribution is 5.92. The largest absolute Gasteiger partial charge is 0.468 e. The number of pyridine rings is 1. The Balaban J connectivity index is 1.30. The molecule has 0 bridgehead atoms. The SMILES string of the molecule is CCC1CN(c2ncc(C(=O)NC(C)CCOC=O)[nH]c2=O)CCN1C1CCN(C(=O)Cc2ccc(=O)[nH]c2N)CC1. The molecule has 0 radical (unpaired) electrons. The van der Waals surface area contributed by atoms with Crippen LogP contribution < -0.4 is 27.1 Å². The molecule has 5 N–H and O–H groups in total. The Kier molecular flexibility index (Phi) is 10.3. The number of amides is 2. The number of nitrogens with zero attached hydrogens (tertiary/aromatic N) is 4. The summed E-state index contributed by atoms with van der Waals surface area (Å²) in [6.07, 6.45) is 4.58. The summed E-state index contributed by atoms with van der Waals surface area (Å²) >= 11 is 0. The number of carbonyl (C=O) groups excluding carboxylic acids is 3. The van der Waals surface area contributed by atoms with Crippen molar-refractivity contribution in [3.63, 3.8) is 0 Å². The van der Waals surface area contributed by atoms with Gasteiger partial charge in [0.05, 0.1) is 19.2 Å². The van der Waals surface area contributed by atoms with Crippen LogP contribution in [0.4, 0.5) is 11.6 Å². The Morgan fingerprint density at radius 3 is 2.62 bits per heavy atom. The lowest BCUT2D eigenvalue weighted by Gasteiger charge is -2.47. The first-order valence-electron chi connectivity index (χ1n) is 14.4. The van der Waals surface area contributed by atoms with Crippen LogP contribution in [0.2, 0.25) is 0 Å². The van der Waals surface area contributed by atoms with Crippen molar-refractivity contribution in [2.45, 2.75) is 64.1 Å². The topological polar surface area (TPSA) is 187 Å². The summed E-state index contributed by atoms with van der Waals surface area (Å²) in [7, 11) is 0. The number of piperidine rings is 1. The van der Waals surface area contributed by atoms with E-state index in [1.54, 1.807) is 13.0 Å². The molecule has 0 aromatic carbocycles. The van der Waals surface area contributed by atoms with Crippen LogP contribution in [0.1, 0.15) is 55.6 Å². The summed E-state index contributed by atoms with van der Waals surface area (Å²) in [4.78, 5) is 75.9. The van der Waals surface area contributed by atoms with Crippen LogP contribution in [-0.2, 0) is 20.7 Å². The van der Waals surface area contributed by atoms with E-state index in [0.29, 0.717) is 56.5 Å². The molecule has 2 unspecified atom stereocenters. The molecule has 2 fully saturated rings. The number of aromatic amines is 2. The van der Waals surface area contributed by atoms with Crippen LogP contribution >= 0.6 is 0 Å². The van der Waals surface area contributed by atoms with Gasteiger partial charge in [-0.05, 0) is 32.3 Å². The lowest BCUT2D eigenvalue weighted by molar-refractivity contribution is -0.132. The number of piperazine rings is 1. The van der Waals surface area contributed by atoms with Crippen molar-refractivity contribution in [3.05, 3.63) is 50.3 Å². The number of rotatable bonds is 11. The predicted octanol–water partition coefficient (Wildman–Crippen LogP) is -0.144. The van der Waals surface area contributed by atoms with E-state index in [1.807, 2.05) is 9.80 Å². The molecule has 4 rings (SSSR count). The van der Waals surface area contributed by atoms with Gasteiger partial charge in [0.15, 0.2) is 5.82 Å². The maximum absolute atomic E-state index is 12.9. The van der Waals surface area contributed by atoms with Crippen LogP contribution in [0.15, 0.2) is 27.9 Å². The van der Waals surface area contributed by atoms with E-state index in [1.165, 1.54) is 12.3 Å². The highest BCUT2D eigenvalue weighted by atomic mass is 16.5. The van der Waals surface area contributed by atoms with Gasteiger partial charge >= 0.3 is 0 Å². The normalized spacial score (nSPS) is 18.9. The van der Waals surface area contributed by atoms with Gasteiger partial charge < -0.3 is 35.6 Å². The molecule has 0 aliphatic carbocycles. The molecule has 2 saturated heterocycles. The highest BCUT2D eigenvalue weighted by Gasteiger charge is 2.35. The molecule has 4 heterocycles. The number of H-pyrrole nitrogens is 2. The van der Waals surface area contributed by atoms with Crippen molar-refractivity contribution in [2.24, 2.45) is 0 Å². The highest BCUT2D eigenvalue weighted by Crippen LogP contribution is 2.25. The maximum atomic E-state index is 12.9. The van der Waals surface area contributed by atoms with Crippen molar-refractivity contribution < 1.29 is 19.1 Å². The first kappa shape index (κ1) is 30.8. The van der Waals surface area contributed by atoms with Gasteiger partial charge in [-0.25, -0.2) is 4.98 Å². The average molecular weight is 585 g/mol. The zero-order valence-corrected chi connectivity index (χ0v) is 24.1. The number of carbonyl (C=O) groups is 3. The van der Waals surface area contributed by atoms with Crippen molar-refractivity contribution in [1.82, 2.24) is 30.1 Å². The van der Waals surface area contributed by atoms with Crippen molar-refractivity contribution in [3.8, 4) is 0 Å². The van der Waals surface area contributed by atoms with Gasteiger partial charge in [-0.2, -0.15) is 0 Å². The van der Waals surface area contributed by atoms with Crippen LogP contribution in [0.25, 0.3) is 0 Å². The number of anilines is 2. The Bertz CT molecular complexity index is 1370. The molecule has 2 amide bonds. The fourth-order valence-corrected chi connectivity index (χ4v) is 5.70. The van der Waals surface area contributed by atoms with Gasteiger partial charge in [0, 0.05) is 68.9 Å². The van der Waals surface area contributed by atoms with E-state index in [4.69, 9.17) is 5.73 Å². The molecule has 2 aliphatic heterocycles. The number of ether oxygens (including phenoxy) is 1. The zero-order chi connectivity index (χ0) is 30.2. The summed E-state index contributed by atoms with van der Waals surface area (Å²) in [5.41, 5.74) is 5.86. The first-order valence-corrected chi connectivity index (χ1v) is 14.4. The van der Waals surface area contributed by atoms with Crippen LogP contribution in [-0.4, -0.2) is 100 Å². The minimum Gasteiger partial charge on any atom is -0.468 e. The fraction of sp³-hybridized carbons (Fsp3) is 0.571. The second-order valence-electron chi connectivity index (χ2n) is 10.9. The van der Waals surface area contributed by atoms with E-state index < -0.39 is 11.5 Å². The molecule has 42 heavy (non-hydrogen) atoms. The molecule has 14 heteroatoms. The number of hydrogen-bond donors (Lipinski definition) is 4. The molecule has 2 atom stereocenters. The molecular weight excluding hydrogens is 544 g/mol. The number of likely N-dealkylation sites (tertiary alicyclic amines) is 1. The van der Waals surface area contributed by atoms with E-state index in [-0.39, 0.29) is 48.1 Å². The number of hydrogen-bond acceptors (Lipinski definition) is 10. The summed E-state index contributed by atoms with van der Waals surface area (Å²) in [6.45, 7) is 7.77. The zero-order valence-electron chi connectivity index (χ0n) is 24.1. The Morgan fingerprint density at radius 1 is 1.19 bits per heavy atom. The minimum absolute atomic E-state index is 0.00661. The van der Waals surface area contributed by atoms with E-state index in [9.17, 15) is 24.0 Å².